The van der Waals surface area contributed by atoms with E-state index in [2.05, 4.69) is 5.32 Å². The number of carbonyl (C=O) groups excluding carboxylic acids is 2. The topological polar surface area (TPSA) is 58.6 Å². The maximum atomic E-state index is 13.1. The molecular formula is C24H31FN2O3. The Morgan fingerprint density at radius 3 is 2.20 bits per heavy atom. The second-order valence-electron chi connectivity index (χ2n) is 8.41. The molecule has 2 aromatic rings. The van der Waals surface area contributed by atoms with Crippen molar-refractivity contribution < 1.29 is 18.7 Å². The summed E-state index contributed by atoms with van der Waals surface area (Å²) in [4.78, 5) is 27.5. The fourth-order valence-corrected chi connectivity index (χ4v) is 3.02. The van der Waals surface area contributed by atoms with Crippen LogP contribution in [-0.2, 0) is 16.1 Å². The molecule has 0 aromatic heterocycles. The molecule has 1 N–H and O–H groups in total. The minimum Gasteiger partial charge on any atom is -0.484 e. The van der Waals surface area contributed by atoms with Gasteiger partial charge >= 0.3 is 0 Å². The van der Waals surface area contributed by atoms with Crippen molar-refractivity contribution in [3.05, 3.63) is 65.5 Å². The van der Waals surface area contributed by atoms with E-state index in [9.17, 15) is 14.0 Å². The molecule has 2 rings (SSSR count). The lowest BCUT2D eigenvalue weighted by Gasteiger charge is -2.33. The molecule has 0 aliphatic rings. The Labute approximate surface area is 178 Å². The van der Waals surface area contributed by atoms with Crippen LogP contribution in [0.25, 0.3) is 0 Å². The molecule has 0 fully saturated rings. The van der Waals surface area contributed by atoms with Crippen LogP contribution in [0, 0.1) is 12.7 Å². The Hall–Kier alpha value is -2.89. The zero-order valence-corrected chi connectivity index (χ0v) is 18.4. The average molecular weight is 415 g/mol. The van der Waals surface area contributed by atoms with Crippen LogP contribution in [0.4, 0.5) is 4.39 Å². The summed E-state index contributed by atoms with van der Waals surface area (Å²) < 4.78 is 18.6. The number of aryl methyl sites for hydroxylation is 1. The summed E-state index contributed by atoms with van der Waals surface area (Å²) in [6.07, 6.45) is 0.468. The summed E-state index contributed by atoms with van der Waals surface area (Å²) >= 11 is 0. The lowest BCUT2D eigenvalue weighted by Crippen LogP contribution is -2.54. The van der Waals surface area contributed by atoms with Crippen LogP contribution in [-0.4, -0.2) is 34.9 Å². The minimum atomic E-state index is -0.630. The Kier molecular flexibility index (Phi) is 7.98. The highest BCUT2D eigenvalue weighted by Crippen LogP contribution is 2.16. The molecule has 0 unspecified atom stereocenters. The van der Waals surface area contributed by atoms with E-state index in [0.29, 0.717) is 18.7 Å². The Bertz CT molecular complexity index is 842. The van der Waals surface area contributed by atoms with Crippen molar-refractivity contribution in [2.45, 2.75) is 59.2 Å². The van der Waals surface area contributed by atoms with Gasteiger partial charge in [0, 0.05) is 12.1 Å². The number of hydrogen-bond donors (Lipinski definition) is 1. The van der Waals surface area contributed by atoms with Gasteiger partial charge in [-0.15, -0.1) is 0 Å². The molecular weight excluding hydrogens is 383 g/mol. The van der Waals surface area contributed by atoms with E-state index in [1.165, 1.54) is 24.3 Å². The normalized spacial score (nSPS) is 12.2. The van der Waals surface area contributed by atoms with Gasteiger partial charge < -0.3 is 15.0 Å². The predicted molar refractivity (Wildman–Crippen MR) is 116 cm³/mol. The molecule has 0 aliphatic carbocycles. The number of halogens is 1. The molecule has 2 aromatic carbocycles. The van der Waals surface area contributed by atoms with Crippen LogP contribution in [0.2, 0.25) is 0 Å². The first kappa shape index (κ1) is 23.4. The highest BCUT2D eigenvalue weighted by Gasteiger charge is 2.30. The van der Waals surface area contributed by atoms with Crippen molar-refractivity contribution in [1.82, 2.24) is 10.2 Å². The van der Waals surface area contributed by atoms with Gasteiger partial charge in [-0.05, 0) is 63.9 Å². The first-order valence-corrected chi connectivity index (χ1v) is 10.1. The van der Waals surface area contributed by atoms with Crippen molar-refractivity contribution in [3.8, 4) is 5.75 Å². The summed E-state index contributed by atoms with van der Waals surface area (Å²) in [6, 6.07) is 12.7. The van der Waals surface area contributed by atoms with Gasteiger partial charge in [0.1, 0.15) is 17.6 Å². The average Bonchev–Trinajstić information content (AvgIpc) is 2.67. The quantitative estimate of drug-likeness (QED) is 0.703. The van der Waals surface area contributed by atoms with E-state index < -0.39 is 11.6 Å². The van der Waals surface area contributed by atoms with Crippen LogP contribution in [0.15, 0.2) is 48.5 Å². The van der Waals surface area contributed by atoms with E-state index in [1.807, 2.05) is 58.9 Å². The van der Waals surface area contributed by atoms with Gasteiger partial charge in [-0.1, -0.05) is 36.8 Å². The van der Waals surface area contributed by atoms with Crippen molar-refractivity contribution in [2.75, 3.05) is 6.61 Å². The van der Waals surface area contributed by atoms with Crippen LogP contribution in [0.1, 0.15) is 45.2 Å². The number of ether oxygens (including phenoxy) is 1. The lowest BCUT2D eigenvalue weighted by molar-refractivity contribution is -0.143. The highest BCUT2D eigenvalue weighted by molar-refractivity contribution is 5.88. The minimum absolute atomic E-state index is 0.202. The summed E-state index contributed by atoms with van der Waals surface area (Å²) in [5.74, 6) is -0.491. The van der Waals surface area contributed by atoms with Gasteiger partial charge in [0.25, 0.3) is 5.91 Å². The fourth-order valence-electron chi connectivity index (χ4n) is 3.02. The van der Waals surface area contributed by atoms with Crippen LogP contribution in [0.5, 0.6) is 5.75 Å². The second-order valence-corrected chi connectivity index (χ2v) is 8.41. The maximum Gasteiger partial charge on any atom is 0.261 e. The molecule has 0 bridgehead atoms. The first-order chi connectivity index (χ1) is 14.1. The predicted octanol–water partition coefficient (Wildman–Crippen LogP) is 4.24. The molecule has 30 heavy (non-hydrogen) atoms. The van der Waals surface area contributed by atoms with E-state index in [1.54, 1.807) is 4.90 Å². The number of hydrogen-bond acceptors (Lipinski definition) is 3. The van der Waals surface area contributed by atoms with E-state index >= 15 is 0 Å². The molecule has 0 saturated carbocycles. The number of nitrogens with zero attached hydrogens (tertiary/aromatic N) is 1. The van der Waals surface area contributed by atoms with Crippen molar-refractivity contribution in [1.29, 1.82) is 0 Å². The van der Waals surface area contributed by atoms with Crippen molar-refractivity contribution in [2.24, 2.45) is 0 Å². The monoisotopic (exact) mass is 414 g/mol. The summed E-state index contributed by atoms with van der Waals surface area (Å²) in [7, 11) is 0. The molecule has 0 saturated heterocycles. The van der Waals surface area contributed by atoms with E-state index in [4.69, 9.17) is 4.74 Å². The molecule has 5 nitrogen and oxygen atoms in total. The van der Waals surface area contributed by atoms with Crippen LogP contribution in [0.3, 0.4) is 0 Å². The van der Waals surface area contributed by atoms with Gasteiger partial charge in [0.05, 0.1) is 0 Å². The Balaban J connectivity index is 2.21. The van der Waals surface area contributed by atoms with Crippen molar-refractivity contribution >= 4 is 11.8 Å². The zero-order valence-electron chi connectivity index (χ0n) is 18.4. The number of carbonyl (C=O) groups is 2. The molecule has 0 aliphatic heterocycles. The SMILES string of the molecule is CC[C@@H](C(=O)NC(C)(C)C)N(Cc1ccc(C)cc1)C(=O)COc1ccc(F)cc1. The van der Waals surface area contributed by atoms with Crippen LogP contribution >= 0.6 is 0 Å². The summed E-state index contributed by atoms with van der Waals surface area (Å²) in [5.41, 5.74) is 1.64. The molecule has 0 radical (unpaired) electrons. The van der Waals surface area contributed by atoms with Gasteiger partial charge in [0.2, 0.25) is 5.91 Å². The van der Waals surface area contributed by atoms with Gasteiger partial charge in [-0.3, -0.25) is 9.59 Å². The smallest absolute Gasteiger partial charge is 0.261 e. The van der Waals surface area contributed by atoms with Crippen molar-refractivity contribution in [3.63, 3.8) is 0 Å². The molecule has 6 heteroatoms. The van der Waals surface area contributed by atoms with E-state index in [0.717, 1.165) is 11.1 Å². The largest absolute Gasteiger partial charge is 0.484 e. The number of nitrogens with one attached hydrogen (secondary N) is 1. The third-order valence-electron chi connectivity index (χ3n) is 4.53. The third kappa shape index (κ3) is 7.17. The lowest BCUT2D eigenvalue weighted by atomic mass is 10.1. The number of amides is 2. The summed E-state index contributed by atoms with van der Waals surface area (Å²) in [6.45, 7) is 9.64. The molecule has 0 spiro atoms. The van der Waals surface area contributed by atoms with Gasteiger partial charge in [-0.2, -0.15) is 0 Å². The fraction of sp³-hybridized carbons (Fsp3) is 0.417. The number of rotatable bonds is 8. The third-order valence-corrected chi connectivity index (χ3v) is 4.53. The molecule has 162 valence electrons. The van der Waals surface area contributed by atoms with E-state index in [-0.39, 0.29) is 24.2 Å². The van der Waals surface area contributed by atoms with Gasteiger partial charge in [0.15, 0.2) is 6.61 Å². The molecule has 2 amide bonds. The first-order valence-electron chi connectivity index (χ1n) is 10.1. The second kappa shape index (κ2) is 10.2. The Morgan fingerprint density at radius 1 is 1.07 bits per heavy atom. The highest BCUT2D eigenvalue weighted by atomic mass is 19.1. The Morgan fingerprint density at radius 2 is 1.67 bits per heavy atom. The standard InChI is InChI=1S/C24H31FN2O3/c1-6-21(23(29)26-24(3,4)5)27(15-18-9-7-17(2)8-10-18)22(28)16-30-20-13-11-19(25)12-14-20/h7-14,21H,6,15-16H2,1-5H3,(H,26,29)/t21-/m0/s1. The summed E-state index contributed by atoms with van der Waals surface area (Å²) in [5, 5.41) is 2.97. The van der Waals surface area contributed by atoms with Crippen LogP contribution < -0.4 is 10.1 Å². The number of benzene rings is 2. The zero-order chi connectivity index (χ0) is 22.3. The maximum absolute atomic E-state index is 13.1. The molecule has 1 atom stereocenters. The van der Waals surface area contributed by atoms with Gasteiger partial charge in [-0.25, -0.2) is 4.39 Å². The molecule has 0 heterocycles.